The summed E-state index contributed by atoms with van der Waals surface area (Å²) in [6, 6.07) is 19.0. The van der Waals surface area contributed by atoms with Crippen LogP contribution in [0.4, 0.5) is 11.4 Å². The van der Waals surface area contributed by atoms with Gasteiger partial charge in [-0.15, -0.1) is 0 Å². The van der Waals surface area contributed by atoms with Gasteiger partial charge in [0.1, 0.15) is 6.73 Å². The van der Waals surface area contributed by atoms with Gasteiger partial charge >= 0.3 is 0 Å². The Bertz CT molecular complexity index is 1490. The minimum Gasteiger partial charge on any atom is -0.359 e. The van der Waals surface area contributed by atoms with E-state index in [0.717, 1.165) is 10.9 Å². The zero-order valence-corrected chi connectivity index (χ0v) is 19.4. The zero-order valence-electron chi connectivity index (χ0n) is 17.8. The third-order valence-corrected chi connectivity index (χ3v) is 7.40. The Morgan fingerprint density at radius 2 is 1.85 bits per heavy atom. The van der Waals surface area contributed by atoms with Gasteiger partial charge in [-0.1, -0.05) is 29.8 Å². The van der Waals surface area contributed by atoms with Gasteiger partial charge in [-0.2, -0.15) is 0 Å². The van der Waals surface area contributed by atoms with Gasteiger partial charge < -0.3 is 10.1 Å². The van der Waals surface area contributed by atoms with Crippen LogP contribution in [-0.4, -0.2) is 43.4 Å². The Labute approximate surface area is 201 Å². The third-order valence-electron chi connectivity index (χ3n) is 5.40. The van der Waals surface area contributed by atoms with E-state index in [4.69, 9.17) is 16.3 Å². The van der Waals surface area contributed by atoms with Crippen LogP contribution < -0.4 is 9.62 Å². The number of halogens is 1. The predicted molar refractivity (Wildman–Crippen MR) is 131 cm³/mol. The topological polar surface area (TPSA) is 101 Å². The molecular formula is C24H19ClN4O4S. The van der Waals surface area contributed by atoms with Crippen molar-refractivity contribution in [2.75, 3.05) is 28.7 Å². The Morgan fingerprint density at radius 1 is 1.06 bits per heavy atom. The van der Waals surface area contributed by atoms with E-state index >= 15 is 0 Å². The molecule has 1 saturated heterocycles. The molecule has 1 fully saturated rings. The monoisotopic (exact) mass is 494 g/mol. The van der Waals surface area contributed by atoms with Gasteiger partial charge in [-0.3, -0.25) is 4.79 Å². The number of para-hydroxylation sites is 1. The maximum absolute atomic E-state index is 12.8. The van der Waals surface area contributed by atoms with Crippen molar-refractivity contribution in [3.8, 4) is 11.4 Å². The van der Waals surface area contributed by atoms with Crippen LogP contribution in [0, 0.1) is 0 Å². The summed E-state index contributed by atoms with van der Waals surface area (Å²) in [4.78, 5) is 21.8. The number of aromatic nitrogens is 2. The summed E-state index contributed by atoms with van der Waals surface area (Å²) in [6.45, 7) is 0.130. The third kappa shape index (κ3) is 4.45. The maximum atomic E-state index is 12.8. The van der Waals surface area contributed by atoms with E-state index < -0.39 is 10.0 Å². The van der Waals surface area contributed by atoms with Crippen LogP contribution in [0.1, 0.15) is 10.4 Å². The first-order chi connectivity index (χ1) is 16.4. The van der Waals surface area contributed by atoms with Crippen LogP contribution in [0.15, 0.2) is 72.9 Å². The second-order valence-electron chi connectivity index (χ2n) is 7.65. The second kappa shape index (κ2) is 9.02. The molecule has 1 aromatic heterocycles. The molecule has 10 heteroatoms. The van der Waals surface area contributed by atoms with Crippen molar-refractivity contribution in [2.24, 2.45) is 0 Å². The first-order valence-corrected chi connectivity index (χ1v) is 12.4. The van der Waals surface area contributed by atoms with Crippen LogP contribution in [-0.2, 0) is 14.8 Å². The molecule has 0 unspecified atom stereocenters. The summed E-state index contributed by atoms with van der Waals surface area (Å²) >= 11 is 6.39. The van der Waals surface area contributed by atoms with Gasteiger partial charge in [-0.05, 0) is 48.5 Å². The summed E-state index contributed by atoms with van der Waals surface area (Å²) in [5, 5.41) is 4.21. The lowest BCUT2D eigenvalue weighted by atomic mass is 10.1. The molecule has 0 spiro atoms. The smallest absolute Gasteiger partial charge is 0.255 e. The van der Waals surface area contributed by atoms with Crippen molar-refractivity contribution >= 4 is 49.8 Å². The molecular weight excluding hydrogens is 476 g/mol. The summed E-state index contributed by atoms with van der Waals surface area (Å²) in [5.41, 5.74) is 2.73. The number of hydrogen-bond donors (Lipinski definition) is 1. The van der Waals surface area contributed by atoms with Crippen molar-refractivity contribution in [3.63, 3.8) is 0 Å². The average molecular weight is 495 g/mol. The van der Waals surface area contributed by atoms with Gasteiger partial charge in [-0.25, -0.2) is 22.7 Å². The largest absolute Gasteiger partial charge is 0.359 e. The van der Waals surface area contributed by atoms with Gasteiger partial charge in [0.05, 0.1) is 28.6 Å². The molecule has 0 radical (unpaired) electrons. The molecule has 1 aliphatic rings. The molecule has 1 N–H and O–H groups in total. The van der Waals surface area contributed by atoms with E-state index in [9.17, 15) is 13.2 Å². The van der Waals surface area contributed by atoms with Crippen LogP contribution >= 0.6 is 11.6 Å². The Balaban J connectivity index is 1.36. The number of benzene rings is 3. The summed E-state index contributed by atoms with van der Waals surface area (Å²) in [6.07, 6.45) is 1.73. The standard InChI is InChI=1S/C24H19ClN4O4S/c25-21-10-7-18(13-20(21)23-26-14-17-3-1-2-4-22(17)28-23)27-24(30)16-5-8-19(9-6-16)29-15-33-11-12-34(29,31)32/h1-10,13-14H,11-12,15H2,(H,27,30). The summed E-state index contributed by atoms with van der Waals surface area (Å²) < 4.78 is 30.9. The molecule has 34 heavy (non-hydrogen) atoms. The maximum Gasteiger partial charge on any atom is 0.255 e. The van der Waals surface area contributed by atoms with Gasteiger partial charge in [0.25, 0.3) is 5.91 Å². The van der Waals surface area contributed by atoms with Crippen molar-refractivity contribution in [3.05, 3.63) is 83.5 Å². The van der Waals surface area contributed by atoms with Crippen molar-refractivity contribution < 1.29 is 17.9 Å². The SMILES string of the molecule is O=C(Nc1ccc(Cl)c(-c2ncc3ccccc3n2)c1)c1ccc(N2COCCS2(=O)=O)cc1. The molecule has 5 rings (SSSR count). The number of sulfonamides is 1. The number of amides is 1. The fraction of sp³-hybridized carbons (Fsp3) is 0.125. The van der Waals surface area contributed by atoms with E-state index in [2.05, 4.69) is 15.3 Å². The van der Waals surface area contributed by atoms with E-state index in [-0.39, 0.29) is 25.0 Å². The highest BCUT2D eigenvalue weighted by molar-refractivity contribution is 7.92. The number of nitrogens with one attached hydrogen (secondary N) is 1. The van der Waals surface area contributed by atoms with Gasteiger partial charge in [0, 0.05) is 28.4 Å². The minimum absolute atomic E-state index is 0.0434. The number of carbonyl (C=O) groups excluding carboxylic acids is 1. The molecule has 172 valence electrons. The number of nitrogens with zero attached hydrogens (tertiary/aromatic N) is 3. The van der Waals surface area contributed by atoms with E-state index in [1.165, 1.54) is 4.31 Å². The fourth-order valence-corrected chi connectivity index (χ4v) is 5.02. The lowest BCUT2D eigenvalue weighted by Crippen LogP contribution is -2.41. The summed E-state index contributed by atoms with van der Waals surface area (Å²) in [5.74, 6) is 0.0285. The van der Waals surface area contributed by atoms with Crippen molar-refractivity contribution in [1.29, 1.82) is 0 Å². The molecule has 0 atom stereocenters. The second-order valence-corrected chi connectivity index (χ2v) is 10.1. The number of ether oxygens (including phenoxy) is 1. The van der Waals surface area contributed by atoms with E-state index in [1.54, 1.807) is 48.7 Å². The first kappa shape index (κ1) is 22.3. The average Bonchev–Trinajstić information content (AvgIpc) is 2.85. The van der Waals surface area contributed by atoms with Crippen LogP contribution in [0.3, 0.4) is 0 Å². The minimum atomic E-state index is -3.42. The van der Waals surface area contributed by atoms with Gasteiger partial charge in [0.15, 0.2) is 5.82 Å². The molecule has 8 nitrogen and oxygen atoms in total. The molecule has 3 aromatic carbocycles. The lowest BCUT2D eigenvalue weighted by Gasteiger charge is -2.28. The predicted octanol–water partition coefficient (Wildman–Crippen LogP) is 4.33. The lowest BCUT2D eigenvalue weighted by molar-refractivity contribution is 0.102. The highest BCUT2D eigenvalue weighted by atomic mass is 35.5. The molecule has 0 bridgehead atoms. The fourth-order valence-electron chi connectivity index (χ4n) is 3.60. The Hall–Kier alpha value is -3.53. The molecule has 1 aliphatic heterocycles. The van der Waals surface area contributed by atoms with Crippen molar-refractivity contribution in [1.82, 2.24) is 9.97 Å². The highest BCUT2D eigenvalue weighted by Crippen LogP contribution is 2.29. The molecule has 4 aromatic rings. The van der Waals surface area contributed by atoms with Crippen LogP contribution in [0.5, 0.6) is 0 Å². The van der Waals surface area contributed by atoms with Crippen LogP contribution in [0.25, 0.3) is 22.3 Å². The quantitative estimate of drug-likeness (QED) is 0.453. The normalized spacial score (nSPS) is 15.3. The number of rotatable bonds is 4. The molecule has 1 amide bonds. The molecule has 0 aliphatic carbocycles. The number of fused-ring (bicyclic) bond motifs is 1. The molecule has 2 heterocycles. The van der Waals surface area contributed by atoms with E-state index in [0.29, 0.717) is 33.3 Å². The number of hydrogen-bond acceptors (Lipinski definition) is 6. The first-order valence-electron chi connectivity index (χ1n) is 10.4. The van der Waals surface area contributed by atoms with Gasteiger partial charge in [0.2, 0.25) is 10.0 Å². The molecule has 0 saturated carbocycles. The Kier molecular flexibility index (Phi) is 5.91. The Morgan fingerprint density at radius 3 is 2.65 bits per heavy atom. The highest BCUT2D eigenvalue weighted by Gasteiger charge is 2.26. The van der Waals surface area contributed by atoms with Crippen molar-refractivity contribution in [2.45, 2.75) is 0 Å². The number of anilines is 2. The summed E-state index contributed by atoms with van der Waals surface area (Å²) in [7, 11) is -3.42. The van der Waals surface area contributed by atoms with Crippen LogP contribution in [0.2, 0.25) is 5.02 Å². The zero-order chi connectivity index (χ0) is 23.7. The van der Waals surface area contributed by atoms with E-state index in [1.807, 2.05) is 24.3 Å². The number of carbonyl (C=O) groups is 1.